The van der Waals surface area contributed by atoms with Gasteiger partial charge in [0.25, 0.3) is 0 Å². The Morgan fingerprint density at radius 3 is 2.65 bits per heavy atom. The monoisotopic (exact) mass is 238 g/mol. The molecule has 0 bridgehead atoms. The van der Waals surface area contributed by atoms with Crippen LogP contribution in [-0.2, 0) is 0 Å². The number of nitrogens with zero attached hydrogens (tertiary/aromatic N) is 1. The third-order valence-corrected chi connectivity index (χ3v) is 4.47. The number of rotatable bonds is 6. The van der Waals surface area contributed by atoms with Gasteiger partial charge in [-0.1, -0.05) is 13.8 Å². The second-order valence-corrected chi connectivity index (χ2v) is 6.36. The molecule has 0 amide bonds. The standard InChI is InChI=1S/C15H30N2/c1-13(2)14-5-3-10-17(12-8-14)11-4-9-16-15-6-7-15/h13-16H,3-12H2,1-2H3. The Morgan fingerprint density at radius 1 is 1.12 bits per heavy atom. The van der Waals surface area contributed by atoms with E-state index in [1.807, 2.05) is 0 Å². The van der Waals surface area contributed by atoms with Crippen molar-refractivity contribution in [3.63, 3.8) is 0 Å². The molecule has 100 valence electrons. The Bertz CT molecular complexity index is 211. The van der Waals surface area contributed by atoms with E-state index in [-0.39, 0.29) is 0 Å². The van der Waals surface area contributed by atoms with Crippen molar-refractivity contribution in [3.8, 4) is 0 Å². The first-order valence-corrected chi connectivity index (χ1v) is 7.71. The van der Waals surface area contributed by atoms with Crippen molar-refractivity contribution < 1.29 is 0 Å². The van der Waals surface area contributed by atoms with Gasteiger partial charge in [0.05, 0.1) is 0 Å². The maximum Gasteiger partial charge on any atom is 0.00682 e. The molecule has 1 N–H and O–H groups in total. The van der Waals surface area contributed by atoms with Gasteiger partial charge >= 0.3 is 0 Å². The van der Waals surface area contributed by atoms with Crippen molar-refractivity contribution in [2.45, 2.75) is 58.4 Å². The van der Waals surface area contributed by atoms with Gasteiger partial charge in [-0.05, 0) is 76.5 Å². The number of hydrogen-bond donors (Lipinski definition) is 1. The maximum atomic E-state index is 3.61. The molecule has 2 nitrogen and oxygen atoms in total. The summed E-state index contributed by atoms with van der Waals surface area (Å²) in [5.74, 6) is 1.86. The van der Waals surface area contributed by atoms with Crippen molar-refractivity contribution in [1.82, 2.24) is 10.2 Å². The van der Waals surface area contributed by atoms with Crippen LogP contribution in [0.1, 0.15) is 52.4 Å². The topological polar surface area (TPSA) is 15.3 Å². The summed E-state index contributed by atoms with van der Waals surface area (Å²) in [4.78, 5) is 2.69. The fourth-order valence-electron chi connectivity index (χ4n) is 2.97. The van der Waals surface area contributed by atoms with E-state index in [2.05, 4.69) is 24.1 Å². The van der Waals surface area contributed by atoms with Gasteiger partial charge in [-0.3, -0.25) is 0 Å². The Kier molecular flexibility index (Phi) is 5.30. The number of nitrogens with one attached hydrogen (secondary N) is 1. The number of likely N-dealkylation sites (tertiary alicyclic amines) is 1. The van der Waals surface area contributed by atoms with E-state index < -0.39 is 0 Å². The van der Waals surface area contributed by atoms with Crippen LogP contribution in [0.15, 0.2) is 0 Å². The molecule has 2 rings (SSSR count). The third-order valence-electron chi connectivity index (χ3n) is 4.47. The largest absolute Gasteiger partial charge is 0.314 e. The highest BCUT2D eigenvalue weighted by Crippen LogP contribution is 2.24. The van der Waals surface area contributed by atoms with Crippen LogP contribution in [0.5, 0.6) is 0 Å². The van der Waals surface area contributed by atoms with Crippen molar-refractivity contribution >= 4 is 0 Å². The van der Waals surface area contributed by atoms with Crippen LogP contribution in [0.2, 0.25) is 0 Å². The fraction of sp³-hybridized carbons (Fsp3) is 1.00. The highest BCUT2D eigenvalue weighted by molar-refractivity contribution is 4.80. The molecule has 0 aromatic carbocycles. The lowest BCUT2D eigenvalue weighted by molar-refractivity contribution is 0.268. The highest BCUT2D eigenvalue weighted by Gasteiger charge is 2.21. The molecule has 1 saturated heterocycles. The van der Waals surface area contributed by atoms with E-state index in [1.165, 1.54) is 64.7 Å². The molecule has 0 radical (unpaired) electrons. The molecule has 1 aliphatic heterocycles. The summed E-state index contributed by atoms with van der Waals surface area (Å²) in [6.45, 7) is 10.00. The van der Waals surface area contributed by atoms with Crippen LogP contribution in [0.25, 0.3) is 0 Å². The molecule has 0 aromatic rings. The van der Waals surface area contributed by atoms with Gasteiger partial charge in [-0.2, -0.15) is 0 Å². The smallest absolute Gasteiger partial charge is 0.00682 e. The van der Waals surface area contributed by atoms with Gasteiger partial charge in [0, 0.05) is 6.04 Å². The summed E-state index contributed by atoms with van der Waals surface area (Å²) in [5.41, 5.74) is 0. The summed E-state index contributed by atoms with van der Waals surface area (Å²) in [6, 6.07) is 0.879. The van der Waals surface area contributed by atoms with Crippen molar-refractivity contribution in [3.05, 3.63) is 0 Å². The molecule has 0 aromatic heterocycles. The Morgan fingerprint density at radius 2 is 1.94 bits per heavy atom. The van der Waals surface area contributed by atoms with Gasteiger partial charge in [0.15, 0.2) is 0 Å². The summed E-state index contributed by atoms with van der Waals surface area (Å²) in [5, 5.41) is 3.61. The van der Waals surface area contributed by atoms with Gasteiger partial charge < -0.3 is 10.2 Å². The Hall–Kier alpha value is -0.0800. The molecule has 1 aliphatic carbocycles. The predicted molar refractivity (Wildman–Crippen MR) is 74.3 cm³/mol. The normalized spacial score (nSPS) is 27.4. The van der Waals surface area contributed by atoms with Crippen LogP contribution < -0.4 is 5.32 Å². The highest BCUT2D eigenvalue weighted by atomic mass is 15.1. The lowest BCUT2D eigenvalue weighted by Crippen LogP contribution is -2.29. The van der Waals surface area contributed by atoms with Crippen molar-refractivity contribution in [1.29, 1.82) is 0 Å². The minimum Gasteiger partial charge on any atom is -0.314 e. The predicted octanol–water partition coefficient (Wildman–Crippen LogP) is 2.89. The maximum absolute atomic E-state index is 3.61. The van der Waals surface area contributed by atoms with Gasteiger partial charge in [-0.15, -0.1) is 0 Å². The lowest BCUT2D eigenvalue weighted by Gasteiger charge is -2.21. The summed E-state index contributed by atoms with van der Waals surface area (Å²) in [6.07, 6.45) is 8.46. The van der Waals surface area contributed by atoms with Gasteiger partial charge in [0.1, 0.15) is 0 Å². The summed E-state index contributed by atoms with van der Waals surface area (Å²) < 4.78 is 0. The first-order chi connectivity index (χ1) is 8.25. The molecule has 0 spiro atoms. The molecule has 1 unspecified atom stereocenters. The fourth-order valence-corrected chi connectivity index (χ4v) is 2.97. The summed E-state index contributed by atoms with van der Waals surface area (Å²) in [7, 11) is 0. The van der Waals surface area contributed by atoms with Gasteiger partial charge in [-0.25, -0.2) is 0 Å². The average Bonchev–Trinajstić information content (AvgIpc) is 3.11. The van der Waals surface area contributed by atoms with Crippen LogP contribution in [0.3, 0.4) is 0 Å². The molecule has 1 saturated carbocycles. The molecule has 2 aliphatic rings. The molecule has 17 heavy (non-hydrogen) atoms. The lowest BCUT2D eigenvalue weighted by atomic mass is 9.89. The zero-order chi connectivity index (χ0) is 12.1. The Balaban J connectivity index is 1.57. The van der Waals surface area contributed by atoms with Gasteiger partial charge in [0.2, 0.25) is 0 Å². The quantitative estimate of drug-likeness (QED) is 0.716. The zero-order valence-electron chi connectivity index (χ0n) is 11.8. The van der Waals surface area contributed by atoms with E-state index >= 15 is 0 Å². The second kappa shape index (κ2) is 6.75. The minimum absolute atomic E-state index is 0.879. The molecule has 1 heterocycles. The average molecular weight is 238 g/mol. The molecule has 1 atom stereocenters. The first kappa shape index (κ1) is 13.4. The summed E-state index contributed by atoms with van der Waals surface area (Å²) >= 11 is 0. The first-order valence-electron chi connectivity index (χ1n) is 7.71. The third kappa shape index (κ3) is 4.97. The van der Waals surface area contributed by atoms with E-state index in [0.29, 0.717) is 0 Å². The Labute approximate surface area is 107 Å². The van der Waals surface area contributed by atoms with Crippen molar-refractivity contribution in [2.24, 2.45) is 11.8 Å². The van der Waals surface area contributed by atoms with E-state index in [9.17, 15) is 0 Å². The van der Waals surface area contributed by atoms with E-state index in [1.54, 1.807) is 0 Å². The zero-order valence-corrected chi connectivity index (χ0v) is 11.8. The molecular weight excluding hydrogens is 208 g/mol. The minimum atomic E-state index is 0.879. The SMILES string of the molecule is CC(C)C1CCCN(CCCNC2CC2)CC1. The van der Waals surface area contributed by atoms with E-state index in [4.69, 9.17) is 0 Å². The van der Waals surface area contributed by atoms with Crippen molar-refractivity contribution in [2.75, 3.05) is 26.2 Å². The van der Waals surface area contributed by atoms with Crippen LogP contribution >= 0.6 is 0 Å². The number of hydrogen-bond acceptors (Lipinski definition) is 2. The molecular formula is C15H30N2. The van der Waals surface area contributed by atoms with Crippen LogP contribution in [0.4, 0.5) is 0 Å². The van der Waals surface area contributed by atoms with E-state index in [0.717, 1.165) is 17.9 Å². The van der Waals surface area contributed by atoms with Crippen LogP contribution in [-0.4, -0.2) is 37.1 Å². The van der Waals surface area contributed by atoms with Crippen LogP contribution in [0, 0.1) is 11.8 Å². The molecule has 2 heteroatoms. The second-order valence-electron chi connectivity index (χ2n) is 6.36. The molecule has 2 fully saturated rings.